The smallest absolute Gasteiger partial charge is 0.311 e. The number of aliphatic hydroxyl groups excluding tert-OH is 1. The van der Waals surface area contributed by atoms with Gasteiger partial charge in [-0.2, -0.15) is 5.26 Å². The molecule has 5 N–H and O–H groups in total. The van der Waals surface area contributed by atoms with Crippen LogP contribution in [0.4, 0.5) is 17.3 Å². The van der Waals surface area contributed by atoms with Gasteiger partial charge in [-0.25, -0.2) is 4.98 Å². The van der Waals surface area contributed by atoms with Crippen molar-refractivity contribution in [3.05, 3.63) is 70.0 Å². The molecule has 176 valence electrons. The van der Waals surface area contributed by atoms with Gasteiger partial charge in [-0.05, 0) is 37.1 Å². The summed E-state index contributed by atoms with van der Waals surface area (Å²) in [4.78, 5) is 27.0. The Hall–Kier alpha value is -4.43. The highest BCUT2D eigenvalue weighted by atomic mass is 16.6. The Bertz CT molecular complexity index is 1210. The second kappa shape index (κ2) is 10.9. The first-order valence-corrected chi connectivity index (χ1v) is 10.6. The van der Waals surface area contributed by atoms with Crippen molar-refractivity contribution in [2.45, 2.75) is 26.0 Å². The van der Waals surface area contributed by atoms with Crippen LogP contribution in [0.15, 0.2) is 48.8 Å². The van der Waals surface area contributed by atoms with Gasteiger partial charge in [-0.15, -0.1) is 0 Å². The molecule has 3 rings (SSSR count). The molecular weight excluding hydrogens is 438 g/mol. The molecule has 0 spiro atoms. The first-order chi connectivity index (χ1) is 16.3. The van der Waals surface area contributed by atoms with Crippen LogP contribution >= 0.6 is 0 Å². The van der Waals surface area contributed by atoms with Gasteiger partial charge >= 0.3 is 5.69 Å². The van der Waals surface area contributed by atoms with Gasteiger partial charge in [0.2, 0.25) is 5.82 Å². The van der Waals surface area contributed by atoms with E-state index in [1.54, 1.807) is 37.4 Å². The van der Waals surface area contributed by atoms with Gasteiger partial charge in [0.1, 0.15) is 5.82 Å². The van der Waals surface area contributed by atoms with E-state index in [1.165, 1.54) is 12.1 Å². The predicted molar refractivity (Wildman–Crippen MR) is 127 cm³/mol. The van der Waals surface area contributed by atoms with Crippen molar-refractivity contribution in [3.63, 3.8) is 0 Å². The maximum absolute atomic E-state index is 12.7. The summed E-state index contributed by atoms with van der Waals surface area (Å²) in [6.07, 6.45) is 3.61. The number of carbonyl (C=O) groups is 1. The minimum atomic E-state index is -0.669. The number of hydrogen-bond donors (Lipinski definition) is 4. The maximum atomic E-state index is 12.7. The summed E-state index contributed by atoms with van der Waals surface area (Å²) in [7, 11) is 0. The van der Waals surface area contributed by atoms with Gasteiger partial charge < -0.3 is 26.0 Å². The summed E-state index contributed by atoms with van der Waals surface area (Å²) >= 11 is 0. The average Bonchev–Trinajstić information content (AvgIpc) is 3.24. The van der Waals surface area contributed by atoms with E-state index in [9.17, 15) is 20.0 Å². The molecule has 34 heavy (non-hydrogen) atoms. The van der Waals surface area contributed by atoms with E-state index < -0.39 is 11.0 Å². The van der Waals surface area contributed by atoms with E-state index in [0.29, 0.717) is 42.0 Å². The Morgan fingerprint density at radius 1 is 1.29 bits per heavy atom. The topological polar surface area (TPSA) is 172 Å². The van der Waals surface area contributed by atoms with Gasteiger partial charge in [0.05, 0.1) is 28.2 Å². The minimum absolute atomic E-state index is 0.131. The van der Waals surface area contributed by atoms with E-state index >= 15 is 0 Å². The molecular formula is C23H25N7O4. The number of rotatable bonds is 10. The standard InChI is InChI=1S/C23H25N7O4/c1-15(31)12-27-23(32)19-14-29(13-18(19)17-5-3-16(11-24)4-6-17)10-2-9-26-21-8-7-20(30(33)34)22(25)28-21/h3-8,13-15,31H,2,9-10,12H2,1H3,(H,27,32)(H3,25,26,28)/t15-/m0/s1. The molecule has 0 saturated heterocycles. The second-order valence-corrected chi connectivity index (χ2v) is 7.71. The summed E-state index contributed by atoms with van der Waals surface area (Å²) in [5, 5.41) is 35.2. The van der Waals surface area contributed by atoms with E-state index in [1.807, 2.05) is 10.8 Å². The zero-order valence-electron chi connectivity index (χ0n) is 18.6. The first-order valence-electron chi connectivity index (χ1n) is 10.6. The number of carbonyl (C=O) groups excluding carboxylic acids is 1. The highest BCUT2D eigenvalue weighted by molar-refractivity contribution is 6.00. The lowest BCUT2D eigenvalue weighted by molar-refractivity contribution is -0.384. The highest BCUT2D eigenvalue weighted by Gasteiger charge is 2.17. The number of hydrogen-bond acceptors (Lipinski definition) is 8. The predicted octanol–water partition coefficient (Wildman–Crippen LogP) is 2.52. The molecule has 0 aliphatic rings. The lowest BCUT2D eigenvalue weighted by Gasteiger charge is -2.08. The van der Waals surface area contributed by atoms with Crippen molar-refractivity contribution in [1.82, 2.24) is 14.9 Å². The molecule has 0 aliphatic carbocycles. The molecule has 1 amide bonds. The van der Waals surface area contributed by atoms with Crippen LogP contribution in [0.2, 0.25) is 0 Å². The summed E-state index contributed by atoms with van der Waals surface area (Å²) in [6.45, 7) is 2.83. The molecule has 0 saturated carbocycles. The lowest BCUT2D eigenvalue weighted by atomic mass is 10.0. The number of anilines is 2. The third-order valence-electron chi connectivity index (χ3n) is 5.01. The average molecular weight is 463 g/mol. The zero-order valence-corrected chi connectivity index (χ0v) is 18.6. The molecule has 0 aliphatic heterocycles. The van der Waals surface area contributed by atoms with Gasteiger partial charge in [-0.1, -0.05) is 12.1 Å². The van der Waals surface area contributed by atoms with Crippen LogP contribution < -0.4 is 16.4 Å². The van der Waals surface area contributed by atoms with E-state index in [4.69, 9.17) is 11.0 Å². The fourth-order valence-corrected chi connectivity index (χ4v) is 3.31. The van der Waals surface area contributed by atoms with Crippen molar-refractivity contribution < 1.29 is 14.8 Å². The molecule has 0 unspecified atom stereocenters. The Morgan fingerprint density at radius 2 is 2.03 bits per heavy atom. The number of aromatic nitrogens is 2. The van der Waals surface area contributed by atoms with Crippen molar-refractivity contribution in [3.8, 4) is 17.2 Å². The van der Waals surface area contributed by atoms with Crippen LogP contribution in [-0.4, -0.2) is 44.7 Å². The Balaban J connectivity index is 1.70. The normalized spacial score (nSPS) is 11.4. The number of aliphatic hydroxyl groups is 1. The number of nitro groups is 1. The van der Waals surface area contributed by atoms with Crippen LogP contribution in [0.5, 0.6) is 0 Å². The van der Waals surface area contributed by atoms with E-state index in [-0.39, 0.29) is 24.0 Å². The Kier molecular flexibility index (Phi) is 7.79. The SMILES string of the molecule is C[C@H](O)CNC(=O)c1cn(CCCNc2ccc([N+](=O)[O-])c(N)n2)cc1-c1ccc(C#N)cc1. The van der Waals surface area contributed by atoms with Crippen molar-refractivity contribution in [1.29, 1.82) is 5.26 Å². The number of aryl methyl sites for hydroxylation is 1. The van der Waals surface area contributed by atoms with Gasteiger partial charge in [0.25, 0.3) is 5.91 Å². The molecule has 2 aromatic heterocycles. The molecule has 2 heterocycles. The zero-order chi connectivity index (χ0) is 24.7. The Labute approximate surface area is 196 Å². The highest BCUT2D eigenvalue weighted by Crippen LogP contribution is 2.26. The van der Waals surface area contributed by atoms with Crippen LogP contribution in [-0.2, 0) is 6.54 Å². The molecule has 0 bridgehead atoms. The quantitative estimate of drug-likeness (QED) is 0.202. The summed E-state index contributed by atoms with van der Waals surface area (Å²) < 4.78 is 1.89. The van der Waals surface area contributed by atoms with Crippen molar-refractivity contribution in [2.75, 3.05) is 24.1 Å². The molecule has 11 nitrogen and oxygen atoms in total. The van der Waals surface area contributed by atoms with Gasteiger partial charge in [0, 0.05) is 43.7 Å². The number of nitrogens with zero attached hydrogens (tertiary/aromatic N) is 4. The number of benzene rings is 1. The molecule has 0 fully saturated rings. The molecule has 11 heteroatoms. The third-order valence-corrected chi connectivity index (χ3v) is 5.01. The molecule has 3 aromatic rings. The summed E-state index contributed by atoms with van der Waals surface area (Å²) in [5.41, 5.74) is 7.87. The maximum Gasteiger partial charge on any atom is 0.311 e. The fourth-order valence-electron chi connectivity index (χ4n) is 3.31. The summed E-state index contributed by atoms with van der Waals surface area (Å²) in [5.74, 6) is -0.0184. The summed E-state index contributed by atoms with van der Waals surface area (Å²) in [6, 6.07) is 11.8. The number of nitriles is 1. The van der Waals surface area contributed by atoms with Crippen LogP contribution in [0.3, 0.4) is 0 Å². The fraction of sp³-hybridized carbons (Fsp3) is 0.261. The lowest BCUT2D eigenvalue weighted by Crippen LogP contribution is -2.30. The monoisotopic (exact) mass is 463 g/mol. The van der Waals surface area contributed by atoms with Gasteiger partial charge in [0.15, 0.2) is 0 Å². The van der Waals surface area contributed by atoms with Crippen molar-refractivity contribution >= 4 is 23.2 Å². The number of nitrogen functional groups attached to an aromatic ring is 1. The van der Waals surface area contributed by atoms with E-state index in [0.717, 1.165) is 5.56 Å². The number of nitrogens with one attached hydrogen (secondary N) is 2. The van der Waals surface area contributed by atoms with Crippen LogP contribution in [0.1, 0.15) is 29.3 Å². The minimum Gasteiger partial charge on any atom is -0.392 e. The second-order valence-electron chi connectivity index (χ2n) is 7.71. The van der Waals surface area contributed by atoms with Crippen LogP contribution in [0, 0.1) is 21.4 Å². The molecule has 1 atom stereocenters. The molecule has 1 aromatic carbocycles. The van der Waals surface area contributed by atoms with Crippen molar-refractivity contribution in [2.24, 2.45) is 0 Å². The van der Waals surface area contributed by atoms with Crippen LogP contribution in [0.25, 0.3) is 11.1 Å². The third kappa shape index (κ3) is 6.08. The number of pyridine rings is 1. The largest absolute Gasteiger partial charge is 0.392 e. The van der Waals surface area contributed by atoms with Gasteiger partial charge in [-0.3, -0.25) is 14.9 Å². The first kappa shape index (κ1) is 24.2. The molecule has 0 radical (unpaired) electrons. The van der Waals surface area contributed by atoms with E-state index in [2.05, 4.69) is 21.7 Å². The number of amides is 1. The number of nitrogens with two attached hydrogens (primary N) is 1. The Morgan fingerprint density at radius 3 is 2.65 bits per heavy atom.